The fourth-order valence-electron chi connectivity index (χ4n) is 2.95. The second kappa shape index (κ2) is 4.30. The molecule has 1 heterocycles. The van der Waals surface area contributed by atoms with Crippen LogP contribution in [0.15, 0.2) is 42.5 Å². The van der Waals surface area contributed by atoms with Gasteiger partial charge < -0.3 is 5.73 Å². The highest BCUT2D eigenvalue weighted by Crippen LogP contribution is 2.30. The van der Waals surface area contributed by atoms with Crippen LogP contribution < -0.4 is 5.73 Å². The van der Waals surface area contributed by atoms with Gasteiger partial charge in [0.25, 0.3) is 0 Å². The molecule has 4 rings (SSSR count). The minimum Gasteiger partial charge on any atom is -0.382 e. The molecule has 0 bridgehead atoms. The van der Waals surface area contributed by atoms with Gasteiger partial charge in [0.05, 0.1) is 11.0 Å². The van der Waals surface area contributed by atoms with Crippen molar-refractivity contribution in [2.45, 2.75) is 19.3 Å². The molecule has 20 heavy (non-hydrogen) atoms. The van der Waals surface area contributed by atoms with E-state index in [0.717, 1.165) is 28.7 Å². The van der Waals surface area contributed by atoms with Crippen LogP contribution in [-0.2, 0) is 12.8 Å². The maximum atomic E-state index is 6.09. The van der Waals surface area contributed by atoms with E-state index in [1.54, 1.807) is 0 Å². The number of hydrogen-bond donors (Lipinski definition) is 1. The number of benzene rings is 2. The highest BCUT2D eigenvalue weighted by Gasteiger charge is 2.14. The maximum absolute atomic E-state index is 6.09. The van der Waals surface area contributed by atoms with Crippen LogP contribution in [0.1, 0.15) is 17.5 Å². The van der Waals surface area contributed by atoms with Gasteiger partial charge in [0.1, 0.15) is 5.69 Å². The third kappa shape index (κ3) is 1.74. The minimum atomic E-state index is 0.502. The van der Waals surface area contributed by atoms with E-state index in [1.807, 2.05) is 24.3 Å². The van der Waals surface area contributed by atoms with Crippen LogP contribution >= 0.6 is 0 Å². The van der Waals surface area contributed by atoms with Crippen molar-refractivity contribution in [3.63, 3.8) is 0 Å². The molecule has 1 aliphatic rings. The lowest BCUT2D eigenvalue weighted by Crippen LogP contribution is -1.99. The summed E-state index contributed by atoms with van der Waals surface area (Å²) in [5, 5.41) is 0. The molecule has 0 amide bonds. The van der Waals surface area contributed by atoms with E-state index < -0.39 is 0 Å². The molecular formula is C17H15N3. The first-order chi connectivity index (χ1) is 9.81. The standard InChI is InChI=1S/C17H15N3/c18-17-16(19-14-6-1-2-7-15(14)20-17)13-9-8-11-4-3-5-12(11)10-13/h1-2,6-10H,3-5H2,(H2,18,20). The largest absolute Gasteiger partial charge is 0.382 e. The molecule has 0 unspecified atom stereocenters. The van der Waals surface area contributed by atoms with E-state index in [1.165, 1.54) is 24.0 Å². The second-order valence-electron chi connectivity index (χ2n) is 5.28. The normalized spacial score (nSPS) is 13.6. The molecule has 2 aromatic carbocycles. The first-order valence-corrected chi connectivity index (χ1v) is 6.96. The number of nitrogen functional groups attached to an aromatic ring is 1. The summed E-state index contributed by atoms with van der Waals surface area (Å²) in [7, 11) is 0. The van der Waals surface area contributed by atoms with E-state index in [2.05, 4.69) is 28.2 Å². The highest BCUT2D eigenvalue weighted by atomic mass is 14.9. The Bertz CT molecular complexity index is 808. The second-order valence-corrected chi connectivity index (χ2v) is 5.28. The molecule has 1 aliphatic carbocycles. The van der Waals surface area contributed by atoms with Gasteiger partial charge in [-0.1, -0.05) is 24.3 Å². The van der Waals surface area contributed by atoms with E-state index in [-0.39, 0.29) is 0 Å². The van der Waals surface area contributed by atoms with Gasteiger partial charge in [0, 0.05) is 5.56 Å². The van der Waals surface area contributed by atoms with Crippen molar-refractivity contribution in [1.82, 2.24) is 9.97 Å². The predicted molar refractivity (Wildman–Crippen MR) is 81.4 cm³/mol. The van der Waals surface area contributed by atoms with Crippen LogP contribution in [0.25, 0.3) is 22.3 Å². The fraction of sp³-hybridized carbons (Fsp3) is 0.176. The summed E-state index contributed by atoms with van der Waals surface area (Å²) < 4.78 is 0. The van der Waals surface area contributed by atoms with E-state index >= 15 is 0 Å². The molecule has 3 nitrogen and oxygen atoms in total. The Hall–Kier alpha value is -2.42. The van der Waals surface area contributed by atoms with Crippen LogP contribution in [0.5, 0.6) is 0 Å². The van der Waals surface area contributed by atoms with Crippen molar-refractivity contribution in [3.05, 3.63) is 53.6 Å². The minimum absolute atomic E-state index is 0.502. The van der Waals surface area contributed by atoms with Gasteiger partial charge in [-0.15, -0.1) is 0 Å². The Morgan fingerprint density at radius 1 is 0.850 bits per heavy atom. The van der Waals surface area contributed by atoms with Gasteiger partial charge in [-0.3, -0.25) is 0 Å². The molecule has 0 atom stereocenters. The Morgan fingerprint density at radius 2 is 1.60 bits per heavy atom. The van der Waals surface area contributed by atoms with E-state index in [4.69, 9.17) is 5.73 Å². The molecule has 3 aromatic rings. The predicted octanol–water partition coefficient (Wildman–Crippen LogP) is 3.37. The number of nitrogens with zero attached hydrogens (tertiary/aromatic N) is 2. The van der Waals surface area contributed by atoms with E-state index in [0.29, 0.717) is 5.82 Å². The molecular weight excluding hydrogens is 246 g/mol. The van der Waals surface area contributed by atoms with Gasteiger partial charge in [-0.05, 0) is 48.6 Å². The lowest BCUT2D eigenvalue weighted by molar-refractivity contribution is 0.912. The zero-order chi connectivity index (χ0) is 13.5. The SMILES string of the molecule is Nc1nc2ccccc2nc1-c1ccc2c(c1)CCC2. The van der Waals surface area contributed by atoms with Gasteiger partial charge in [-0.25, -0.2) is 9.97 Å². The lowest BCUT2D eigenvalue weighted by atomic mass is 10.0. The molecule has 0 fully saturated rings. The first-order valence-electron chi connectivity index (χ1n) is 6.96. The van der Waals surface area contributed by atoms with Crippen molar-refractivity contribution in [3.8, 4) is 11.3 Å². The zero-order valence-electron chi connectivity index (χ0n) is 11.1. The lowest BCUT2D eigenvalue weighted by Gasteiger charge is -2.08. The smallest absolute Gasteiger partial charge is 0.150 e. The summed E-state index contributed by atoms with van der Waals surface area (Å²) in [5.41, 5.74) is 12.6. The first kappa shape index (κ1) is 11.4. The summed E-state index contributed by atoms with van der Waals surface area (Å²) in [6.45, 7) is 0. The number of aromatic nitrogens is 2. The van der Waals surface area contributed by atoms with Crippen LogP contribution in [0, 0.1) is 0 Å². The van der Waals surface area contributed by atoms with Crippen LogP contribution in [0.2, 0.25) is 0 Å². The van der Waals surface area contributed by atoms with Gasteiger partial charge >= 0.3 is 0 Å². The van der Waals surface area contributed by atoms with Gasteiger partial charge in [-0.2, -0.15) is 0 Å². The third-order valence-corrected chi connectivity index (χ3v) is 3.97. The number of nitrogens with two attached hydrogens (primary N) is 1. The molecule has 2 N–H and O–H groups in total. The van der Waals surface area contributed by atoms with Crippen molar-refractivity contribution in [2.75, 3.05) is 5.73 Å². The summed E-state index contributed by atoms with van der Waals surface area (Å²) in [6.07, 6.45) is 3.59. The van der Waals surface area contributed by atoms with Crippen LogP contribution in [0.3, 0.4) is 0 Å². The Balaban J connectivity index is 1.91. The Kier molecular flexibility index (Phi) is 2.46. The topological polar surface area (TPSA) is 51.8 Å². The molecule has 98 valence electrons. The van der Waals surface area contributed by atoms with Crippen LogP contribution in [-0.4, -0.2) is 9.97 Å². The third-order valence-electron chi connectivity index (χ3n) is 3.97. The van der Waals surface area contributed by atoms with Crippen molar-refractivity contribution < 1.29 is 0 Å². The summed E-state index contributed by atoms with van der Waals surface area (Å²) in [5.74, 6) is 0.502. The molecule has 0 radical (unpaired) electrons. The number of fused-ring (bicyclic) bond motifs is 2. The Morgan fingerprint density at radius 3 is 2.45 bits per heavy atom. The molecule has 0 saturated heterocycles. The number of aryl methyl sites for hydroxylation is 2. The highest BCUT2D eigenvalue weighted by molar-refractivity contribution is 5.82. The monoisotopic (exact) mass is 261 g/mol. The summed E-state index contributed by atoms with van der Waals surface area (Å²) in [6, 6.07) is 14.4. The molecule has 3 heteroatoms. The summed E-state index contributed by atoms with van der Waals surface area (Å²) >= 11 is 0. The molecule has 0 aliphatic heterocycles. The average molecular weight is 261 g/mol. The molecule has 1 aromatic heterocycles. The molecule has 0 spiro atoms. The van der Waals surface area contributed by atoms with Gasteiger partial charge in [0.15, 0.2) is 5.82 Å². The van der Waals surface area contributed by atoms with E-state index in [9.17, 15) is 0 Å². The number of hydrogen-bond acceptors (Lipinski definition) is 3. The zero-order valence-corrected chi connectivity index (χ0v) is 11.1. The van der Waals surface area contributed by atoms with Gasteiger partial charge in [0.2, 0.25) is 0 Å². The van der Waals surface area contributed by atoms with Crippen molar-refractivity contribution in [2.24, 2.45) is 0 Å². The maximum Gasteiger partial charge on any atom is 0.150 e. The Labute approximate surface area is 117 Å². The van der Waals surface area contributed by atoms with Crippen LogP contribution in [0.4, 0.5) is 5.82 Å². The number of anilines is 1. The number of rotatable bonds is 1. The van der Waals surface area contributed by atoms with Crippen molar-refractivity contribution in [1.29, 1.82) is 0 Å². The average Bonchev–Trinajstić information content (AvgIpc) is 2.94. The number of para-hydroxylation sites is 2. The summed E-state index contributed by atoms with van der Waals surface area (Å²) in [4.78, 5) is 9.14. The van der Waals surface area contributed by atoms with Crippen molar-refractivity contribution >= 4 is 16.9 Å². The fourth-order valence-corrected chi connectivity index (χ4v) is 2.95. The quantitative estimate of drug-likeness (QED) is 0.730. The molecule has 0 saturated carbocycles.